The van der Waals surface area contributed by atoms with Crippen molar-refractivity contribution in [2.75, 3.05) is 5.32 Å². The molecule has 2 rings (SSSR count). The molecular formula is C12H14ClN3. The lowest BCUT2D eigenvalue weighted by molar-refractivity contribution is 0.747. The summed E-state index contributed by atoms with van der Waals surface area (Å²) in [5.74, 6) is 0. The molecule has 0 saturated heterocycles. The molecule has 0 aliphatic rings. The Balaban J connectivity index is 2.07. The third kappa shape index (κ3) is 2.55. The zero-order valence-electron chi connectivity index (χ0n) is 9.37. The molecule has 1 heterocycles. The van der Waals surface area contributed by atoms with Gasteiger partial charge in [-0.3, -0.25) is 4.68 Å². The molecule has 0 unspecified atom stereocenters. The summed E-state index contributed by atoms with van der Waals surface area (Å²) in [7, 11) is 1.91. The molecule has 0 aliphatic carbocycles. The molecule has 1 N–H and O–H groups in total. The lowest BCUT2D eigenvalue weighted by Gasteiger charge is -2.07. The first-order valence-electron chi connectivity index (χ1n) is 5.14. The van der Waals surface area contributed by atoms with Gasteiger partial charge in [0.2, 0.25) is 0 Å². The zero-order chi connectivity index (χ0) is 11.5. The Morgan fingerprint density at radius 1 is 1.38 bits per heavy atom. The second-order valence-corrected chi connectivity index (χ2v) is 4.22. The molecule has 0 atom stereocenters. The summed E-state index contributed by atoms with van der Waals surface area (Å²) in [5.41, 5.74) is 3.14. The third-order valence-electron chi connectivity index (χ3n) is 2.35. The van der Waals surface area contributed by atoms with Gasteiger partial charge in [-0.2, -0.15) is 5.10 Å². The van der Waals surface area contributed by atoms with Crippen molar-refractivity contribution < 1.29 is 0 Å². The molecule has 2 aromatic rings. The van der Waals surface area contributed by atoms with E-state index >= 15 is 0 Å². The van der Waals surface area contributed by atoms with E-state index in [-0.39, 0.29) is 0 Å². The first-order valence-corrected chi connectivity index (χ1v) is 5.51. The standard InChI is InChI=1S/C12H14ClN3/c1-9-3-4-11(13)12(7-9)14-8-10-5-6-16(2)15-10/h3-7,14H,8H2,1-2H3. The molecule has 1 aromatic carbocycles. The van der Waals surface area contributed by atoms with E-state index in [1.807, 2.05) is 44.4 Å². The number of hydrogen-bond donors (Lipinski definition) is 1. The normalized spacial score (nSPS) is 10.4. The fourth-order valence-corrected chi connectivity index (χ4v) is 1.70. The van der Waals surface area contributed by atoms with Crippen molar-refractivity contribution in [1.82, 2.24) is 9.78 Å². The molecule has 4 heteroatoms. The fourth-order valence-electron chi connectivity index (χ4n) is 1.52. The van der Waals surface area contributed by atoms with Crippen LogP contribution in [0.15, 0.2) is 30.5 Å². The Bertz CT molecular complexity index is 491. The van der Waals surface area contributed by atoms with Crippen molar-refractivity contribution in [3.05, 3.63) is 46.7 Å². The minimum atomic E-state index is 0.685. The minimum absolute atomic E-state index is 0.685. The van der Waals surface area contributed by atoms with Gasteiger partial charge in [-0.1, -0.05) is 17.7 Å². The van der Waals surface area contributed by atoms with Crippen molar-refractivity contribution in [3.8, 4) is 0 Å². The van der Waals surface area contributed by atoms with Crippen molar-refractivity contribution in [2.45, 2.75) is 13.5 Å². The average molecular weight is 236 g/mol. The average Bonchev–Trinajstić information content (AvgIpc) is 2.66. The predicted molar refractivity (Wildman–Crippen MR) is 66.7 cm³/mol. The van der Waals surface area contributed by atoms with Crippen LogP contribution in [0.25, 0.3) is 0 Å². The molecule has 0 aliphatic heterocycles. The van der Waals surface area contributed by atoms with Crippen LogP contribution in [0.1, 0.15) is 11.3 Å². The van der Waals surface area contributed by atoms with E-state index < -0.39 is 0 Å². The minimum Gasteiger partial charge on any atom is -0.378 e. The Morgan fingerprint density at radius 3 is 2.88 bits per heavy atom. The molecule has 0 spiro atoms. The van der Waals surface area contributed by atoms with Crippen LogP contribution in [0, 0.1) is 6.92 Å². The highest BCUT2D eigenvalue weighted by Crippen LogP contribution is 2.23. The van der Waals surface area contributed by atoms with Crippen LogP contribution < -0.4 is 5.32 Å². The number of aromatic nitrogens is 2. The second-order valence-electron chi connectivity index (χ2n) is 3.82. The van der Waals surface area contributed by atoms with Crippen molar-refractivity contribution in [2.24, 2.45) is 7.05 Å². The first-order chi connectivity index (χ1) is 7.65. The number of nitrogens with one attached hydrogen (secondary N) is 1. The maximum atomic E-state index is 6.08. The van der Waals surface area contributed by atoms with Gasteiger partial charge in [0, 0.05) is 13.2 Å². The molecule has 16 heavy (non-hydrogen) atoms. The van der Waals surface area contributed by atoms with Crippen molar-refractivity contribution >= 4 is 17.3 Å². The molecule has 0 saturated carbocycles. The van der Waals surface area contributed by atoms with Gasteiger partial charge in [-0.05, 0) is 30.7 Å². The van der Waals surface area contributed by atoms with Crippen LogP contribution in [0.2, 0.25) is 5.02 Å². The summed E-state index contributed by atoms with van der Waals surface area (Å²) in [4.78, 5) is 0. The topological polar surface area (TPSA) is 29.9 Å². The molecule has 3 nitrogen and oxygen atoms in total. The number of halogens is 1. The fraction of sp³-hybridized carbons (Fsp3) is 0.250. The summed E-state index contributed by atoms with van der Waals surface area (Å²) >= 11 is 6.08. The van der Waals surface area contributed by atoms with E-state index in [9.17, 15) is 0 Å². The molecule has 0 fully saturated rings. The van der Waals surface area contributed by atoms with Crippen LogP contribution in [0.3, 0.4) is 0 Å². The van der Waals surface area contributed by atoms with Gasteiger partial charge >= 0.3 is 0 Å². The summed E-state index contributed by atoms with van der Waals surface area (Å²) < 4.78 is 1.79. The lowest BCUT2D eigenvalue weighted by Crippen LogP contribution is -2.01. The zero-order valence-corrected chi connectivity index (χ0v) is 10.1. The Kier molecular flexibility index (Phi) is 3.15. The van der Waals surface area contributed by atoms with Gasteiger partial charge in [0.1, 0.15) is 0 Å². The quantitative estimate of drug-likeness (QED) is 0.887. The largest absolute Gasteiger partial charge is 0.378 e. The van der Waals surface area contributed by atoms with E-state index in [2.05, 4.69) is 10.4 Å². The van der Waals surface area contributed by atoms with Crippen molar-refractivity contribution in [1.29, 1.82) is 0 Å². The van der Waals surface area contributed by atoms with Gasteiger partial charge in [0.25, 0.3) is 0 Å². The maximum Gasteiger partial charge on any atom is 0.0815 e. The molecular weight excluding hydrogens is 222 g/mol. The SMILES string of the molecule is Cc1ccc(Cl)c(NCc2ccn(C)n2)c1. The first kappa shape index (κ1) is 11.0. The van der Waals surface area contributed by atoms with E-state index in [1.54, 1.807) is 4.68 Å². The van der Waals surface area contributed by atoms with E-state index in [0.29, 0.717) is 6.54 Å². The van der Waals surface area contributed by atoms with E-state index in [4.69, 9.17) is 11.6 Å². The summed E-state index contributed by atoms with van der Waals surface area (Å²) in [6.45, 7) is 2.73. The predicted octanol–water partition coefficient (Wildman–Crippen LogP) is 2.99. The molecule has 0 bridgehead atoms. The Morgan fingerprint density at radius 2 is 2.19 bits per heavy atom. The maximum absolute atomic E-state index is 6.08. The van der Waals surface area contributed by atoms with E-state index in [1.165, 1.54) is 5.56 Å². The Labute approximate surface area is 100 Å². The van der Waals surface area contributed by atoms with Gasteiger partial charge < -0.3 is 5.32 Å². The van der Waals surface area contributed by atoms with Crippen molar-refractivity contribution in [3.63, 3.8) is 0 Å². The molecule has 84 valence electrons. The summed E-state index contributed by atoms with van der Waals surface area (Å²) in [6, 6.07) is 7.91. The van der Waals surface area contributed by atoms with Crippen LogP contribution in [0.5, 0.6) is 0 Å². The highest BCUT2D eigenvalue weighted by molar-refractivity contribution is 6.33. The highest BCUT2D eigenvalue weighted by atomic mass is 35.5. The summed E-state index contributed by atoms with van der Waals surface area (Å²) in [6.07, 6.45) is 1.93. The number of hydrogen-bond acceptors (Lipinski definition) is 2. The van der Waals surface area contributed by atoms with Gasteiger partial charge in [-0.15, -0.1) is 0 Å². The van der Waals surface area contributed by atoms with Crippen LogP contribution >= 0.6 is 11.6 Å². The lowest BCUT2D eigenvalue weighted by atomic mass is 10.2. The molecule has 0 radical (unpaired) electrons. The number of benzene rings is 1. The second kappa shape index (κ2) is 4.58. The van der Waals surface area contributed by atoms with Crippen LogP contribution in [-0.4, -0.2) is 9.78 Å². The van der Waals surface area contributed by atoms with Crippen LogP contribution in [0.4, 0.5) is 5.69 Å². The highest BCUT2D eigenvalue weighted by Gasteiger charge is 2.01. The number of aryl methyl sites for hydroxylation is 2. The number of rotatable bonds is 3. The van der Waals surface area contributed by atoms with Crippen LogP contribution in [-0.2, 0) is 13.6 Å². The summed E-state index contributed by atoms with van der Waals surface area (Å²) in [5, 5.41) is 8.30. The number of nitrogens with zero attached hydrogens (tertiary/aromatic N) is 2. The van der Waals surface area contributed by atoms with Gasteiger partial charge in [0.05, 0.1) is 22.9 Å². The Hall–Kier alpha value is -1.48. The smallest absolute Gasteiger partial charge is 0.0815 e. The monoisotopic (exact) mass is 235 g/mol. The third-order valence-corrected chi connectivity index (χ3v) is 2.68. The number of anilines is 1. The van der Waals surface area contributed by atoms with E-state index in [0.717, 1.165) is 16.4 Å². The van der Waals surface area contributed by atoms with Gasteiger partial charge in [-0.25, -0.2) is 0 Å². The molecule has 1 aromatic heterocycles. The molecule has 0 amide bonds. The van der Waals surface area contributed by atoms with Gasteiger partial charge in [0.15, 0.2) is 0 Å².